The number of hydrogen-bond donors (Lipinski definition) is 2. The van der Waals surface area contributed by atoms with Crippen LogP contribution in [0.25, 0.3) is 33.5 Å². The van der Waals surface area contributed by atoms with Crippen LogP contribution in [0.2, 0.25) is 0 Å². The average molecular weight is 472 g/mol. The topological polar surface area (TPSA) is 75.6 Å². The quantitative estimate of drug-likeness (QED) is 0.307. The van der Waals surface area contributed by atoms with Gasteiger partial charge >= 0.3 is 0 Å². The summed E-state index contributed by atoms with van der Waals surface area (Å²) in [5.41, 5.74) is 6.39. The largest absolute Gasteiger partial charge is 0.342 e. The summed E-state index contributed by atoms with van der Waals surface area (Å²) < 4.78 is 2.18. The van der Waals surface area contributed by atoms with Crippen LogP contribution in [-0.4, -0.2) is 25.4 Å². The molecule has 1 atom stereocenters. The summed E-state index contributed by atoms with van der Waals surface area (Å²) in [6.07, 6.45) is 0. The first kappa shape index (κ1) is 21.8. The molecule has 6 aromatic rings. The molecule has 0 aliphatic rings. The van der Waals surface area contributed by atoms with Crippen LogP contribution in [0.5, 0.6) is 0 Å². The number of rotatable bonds is 6. The SMILES string of the molecule is C[C@@H](NC(=O)c1ccc2nc(-c3ccccc3)n(Cc3ccccc3)c2c1)c1nc2ccccc2[nH]1. The molecule has 2 heterocycles. The normalized spacial score (nSPS) is 12.1. The number of nitrogens with zero attached hydrogens (tertiary/aromatic N) is 3. The minimum absolute atomic E-state index is 0.154. The fraction of sp³-hybridized carbons (Fsp3) is 0.100. The van der Waals surface area contributed by atoms with Crippen LogP contribution in [0.4, 0.5) is 0 Å². The minimum atomic E-state index is -0.269. The number of aromatic nitrogens is 4. The van der Waals surface area contributed by atoms with Gasteiger partial charge < -0.3 is 14.9 Å². The Hall–Kier alpha value is -4.71. The molecule has 0 fully saturated rings. The van der Waals surface area contributed by atoms with Crippen LogP contribution >= 0.6 is 0 Å². The van der Waals surface area contributed by atoms with Gasteiger partial charge in [0.05, 0.1) is 28.1 Å². The third-order valence-corrected chi connectivity index (χ3v) is 6.39. The van der Waals surface area contributed by atoms with Gasteiger partial charge in [0.15, 0.2) is 0 Å². The molecule has 1 amide bonds. The van der Waals surface area contributed by atoms with E-state index in [1.165, 1.54) is 5.56 Å². The van der Waals surface area contributed by atoms with E-state index in [1.54, 1.807) is 0 Å². The van der Waals surface area contributed by atoms with Crippen LogP contribution in [0.1, 0.15) is 34.7 Å². The Balaban J connectivity index is 1.35. The van der Waals surface area contributed by atoms with Gasteiger partial charge in [-0.25, -0.2) is 9.97 Å². The molecule has 6 rings (SSSR count). The number of carbonyl (C=O) groups excluding carboxylic acids is 1. The number of amides is 1. The predicted octanol–water partition coefficient (Wildman–Crippen LogP) is 6.12. The van der Waals surface area contributed by atoms with E-state index in [0.29, 0.717) is 12.1 Å². The second kappa shape index (κ2) is 9.15. The highest BCUT2D eigenvalue weighted by Crippen LogP contribution is 2.27. The van der Waals surface area contributed by atoms with Crippen molar-refractivity contribution in [3.8, 4) is 11.4 Å². The molecule has 0 bridgehead atoms. The molecular weight excluding hydrogens is 446 g/mol. The van der Waals surface area contributed by atoms with Crippen LogP contribution in [0.3, 0.4) is 0 Å². The fourth-order valence-electron chi connectivity index (χ4n) is 4.52. The van der Waals surface area contributed by atoms with Crippen LogP contribution in [0, 0.1) is 0 Å². The van der Waals surface area contributed by atoms with E-state index in [-0.39, 0.29) is 11.9 Å². The lowest BCUT2D eigenvalue weighted by Crippen LogP contribution is -2.27. The van der Waals surface area contributed by atoms with E-state index < -0.39 is 0 Å². The molecule has 6 nitrogen and oxygen atoms in total. The van der Waals surface area contributed by atoms with E-state index >= 15 is 0 Å². The minimum Gasteiger partial charge on any atom is -0.342 e. The molecule has 2 N–H and O–H groups in total. The molecule has 36 heavy (non-hydrogen) atoms. The maximum Gasteiger partial charge on any atom is 0.251 e. The lowest BCUT2D eigenvalue weighted by Gasteiger charge is -2.13. The first-order valence-corrected chi connectivity index (χ1v) is 12.0. The highest BCUT2D eigenvalue weighted by Gasteiger charge is 2.18. The zero-order valence-electron chi connectivity index (χ0n) is 19.8. The average Bonchev–Trinajstić information content (AvgIpc) is 3.51. The highest BCUT2D eigenvalue weighted by atomic mass is 16.1. The molecule has 176 valence electrons. The van der Waals surface area contributed by atoms with Crippen molar-refractivity contribution in [1.29, 1.82) is 0 Å². The van der Waals surface area contributed by atoms with Gasteiger partial charge in [-0.05, 0) is 42.8 Å². The Morgan fingerprint density at radius 2 is 1.58 bits per heavy atom. The lowest BCUT2D eigenvalue weighted by atomic mass is 10.1. The first-order valence-electron chi connectivity index (χ1n) is 12.0. The number of H-pyrrole nitrogens is 1. The maximum absolute atomic E-state index is 13.3. The molecule has 0 spiro atoms. The number of benzene rings is 4. The van der Waals surface area contributed by atoms with Crippen LogP contribution < -0.4 is 5.32 Å². The molecule has 6 heteroatoms. The molecule has 0 saturated heterocycles. The smallest absolute Gasteiger partial charge is 0.251 e. The van der Waals surface area contributed by atoms with Crippen molar-refractivity contribution in [1.82, 2.24) is 24.8 Å². The third-order valence-electron chi connectivity index (χ3n) is 6.39. The monoisotopic (exact) mass is 471 g/mol. The van der Waals surface area contributed by atoms with Crippen molar-refractivity contribution in [2.45, 2.75) is 19.5 Å². The summed E-state index contributed by atoms with van der Waals surface area (Å²) in [6, 6.07) is 33.7. The predicted molar refractivity (Wildman–Crippen MR) is 143 cm³/mol. The molecule has 0 saturated carbocycles. The summed E-state index contributed by atoms with van der Waals surface area (Å²) in [5.74, 6) is 1.45. The third kappa shape index (κ3) is 4.14. The zero-order valence-corrected chi connectivity index (χ0v) is 19.8. The van der Waals surface area contributed by atoms with Gasteiger partial charge in [0, 0.05) is 17.7 Å². The zero-order chi connectivity index (χ0) is 24.5. The number of aromatic amines is 1. The van der Waals surface area contributed by atoms with Crippen LogP contribution in [-0.2, 0) is 6.54 Å². The Bertz CT molecular complexity index is 1630. The first-order chi connectivity index (χ1) is 17.7. The van der Waals surface area contributed by atoms with Gasteiger partial charge in [-0.15, -0.1) is 0 Å². The number of fused-ring (bicyclic) bond motifs is 2. The number of imidazole rings is 2. The van der Waals surface area contributed by atoms with Gasteiger partial charge in [-0.1, -0.05) is 72.8 Å². The van der Waals surface area contributed by atoms with E-state index in [2.05, 4.69) is 44.1 Å². The van der Waals surface area contributed by atoms with E-state index in [1.807, 2.05) is 85.8 Å². The molecule has 0 radical (unpaired) electrons. The van der Waals surface area contributed by atoms with Crippen LogP contribution in [0.15, 0.2) is 103 Å². The molecular formula is C30H25N5O. The highest BCUT2D eigenvalue weighted by molar-refractivity contribution is 5.98. The number of para-hydroxylation sites is 2. The molecule has 2 aromatic heterocycles. The Labute approximate surface area is 208 Å². The molecule has 0 unspecified atom stereocenters. The second-order valence-corrected chi connectivity index (χ2v) is 8.91. The summed E-state index contributed by atoms with van der Waals surface area (Å²) in [7, 11) is 0. The summed E-state index contributed by atoms with van der Waals surface area (Å²) in [5, 5.41) is 3.08. The van der Waals surface area contributed by atoms with Crippen molar-refractivity contribution < 1.29 is 4.79 Å². The van der Waals surface area contributed by atoms with Gasteiger partial charge in [0.2, 0.25) is 0 Å². The van der Waals surface area contributed by atoms with Crippen molar-refractivity contribution >= 4 is 28.0 Å². The molecule has 4 aromatic carbocycles. The molecule has 0 aliphatic heterocycles. The van der Waals surface area contributed by atoms with Crippen molar-refractivity contribution in [2.75, 3.05) is 0 Å². The summed E-state index contributed by atoms with van der Waals surface area (Å²) >= 11 is 0. The Morgan fingerprint density at radius 1 is 0.861 bits per heavy atom. The van der Waals surface area contributed by atoms with Gasteiger partial charge in [-0.2, -0.15) is 0 Å². The second-order valence-electron chi connectivity index (χ2n) is 8.91. The van der Waals surface area contributed by atoms with E-state index in [9.17, 15) is 4.79 Å². The van der Waals surface area contributed by atoms with E-state index in [0.717, 1.165) is 39.3 Å². The van der Waals surface area contributed by atoms with E-state index in [4.69, 9.17) is 4.98 Å². The Kier molecular flexibility index (Phi) is 5.54. The lowest BCUT2D eigenvalue weighted by molar-refractivity contribution is 0.0938. The summed E-state index contributed by atoms with van der Waals surface area (Å²) in [6.45, 7) is 2.59. The Morgan fingerprint density at radius 3 is 2.36 bits per heavy atom. The van der Waals surface area contributed by atoms with Crippen molar-refractivity contribution in [3.05, 3.63) is 120 Å². The number of nitrogens with one attached hydrogen (secondary N) is 2. The van der Waals surface area contributed by atoms with Gasteiger partial charge in [-0.3, -0.25) is 4.79 Å². The van der Waals surface area contributed by atoms with Crippen molar-refractivity contribution in [3.63, 3.8) is 0 Å². The summed E-state index contributed by atoms with van der Waals surface area (Å²) in [4.78, 5) is 26.1. The van der Waals surface area contributed by atoms with Gasteiger partial charge in [0.25, 0.3) is 5.91 Å². The molecule has 0 aliphatic carbocycles. The number of hydrogen-bond acceptors (Lipinski definition) is 3. The standard InChI is InChI=1S/C30H25N5O/c1-20(28-32-24-14-8-9-15-25(24)33-28)31-30(36)23-16-17-26-27(18-23)35(19-21-10-4-2-5-11-21)29(34-26)22-12-6-3-7-13-22/h2-18,20H,19H2,1H3,(H,31,36)(H,32,33)/t20-/m1/s1. The van der Waals surface area contributed by atoms with Gasteiger partial charge in [0.1, 0.15) is 11.6 Å². The maximum atomic E-state index is 13.3. The fourth-order valence-corrected chi connectivity index (χ4v) is 4.52. The van der Waals surface area contributed by atoms with Crippen molar-refractivity contribution in [2.24, 2.45) is 0 Å². The number of carbonyl (C=O) groups is 1.